The molecule has 3 nitrogen and oxygen atoms in total. The van der Waals surface area contributed by atoms with Gasteiger partial charge in [-0.05, 0) is 31.0 Å². The molecule has 0 saturated heterocycles. The fourth-order valence-corrected chi connectivity index (χ4v) is 2.19. The minimum Gasteiger partial charge on any atom is -0.477 e. The molecule has 0 saturated carbocycles. The molecule has 18 heavy (non-hydrogen) atoms. The largest absolute Gasteiger partial charge is 0.477 e. The second-order valence-electron chi connectivity index (χ2n) is 3.85. The number of halogens is 2. The van der Waals surface area contributed by atoms with Crippen molar-refractivity contribution in [3.05, 3.63) is 27.7 Å². The first-order valence-corrected chi connectivity index (χ1v) is 6.95. The molecule has 0 N–H and O–H groups in total. The summed E-state index contributed by atoms with van der Waals surface area (Å²) in [4.78, 5) is 11.6. The summed E-state index contributed by atoms with van der Waals surface area (Å²) in [5, 5.41) is 0.467. The third-order valence-corrected chi connectivity index (χ3v) is 3.24. The Bertz CT molecular complexity index is 409. The van der Waals surface area contributed by atoms with Crippen molar-refractivity contribution in [2.75, 3.05) is 7.11 Å². The van der Waals surface area contributed by atoms with Crippen molar-refractivity contribution in [3.63, 3.8) is 0 Å². The van der Waals surface area contributed by atoms with Crippen molar-refractivity contribution in [2.24, 2.45) is 0 Å². The lowest BCUT2D eigenvalue weighted by molar-refractivity contribution is -0.149. The van der Waals surface area contributed by atoms with Gasteiger partial charge in [-0.25, -0.2) is 4.79 Å². The molecule has 0 fully saturated rings. The van der Waals surface area contributed by atoms with Gasteiger partial charge in [-0.2, -0.15) is 0 Å². The summed E-state index contributed by atoms with van der Waals surface area (Å²) >= 11 is 9.36. The molecule has 0 bridgehead atoms. The fraction of sp³-hybridized carbons (Fsp3) is 0.462. The number of ether oxygens (including phenoxy) is 2. The van der Waals surface area contributed by atoms with Gasteiger partial charge < -0.3 is 9.47 Å². The van der Waals surface area contributed by atoms with E-state index >= 15 is 0 Å². The molecule has 0 spiro atoms. The molecule has 0 amide bonds. The summed E-state index contributed by atoms with van der Waals surface area (Å²) in [5.74, 6) is 0.119. The number of hydrogen-bond acceptors (Lipinski definition) is 3. The Labute approximate surface area is 121 Å². The van der Waals surface area contributed by atoms with Gasteiger partial charge in [0.25, 0.3) is 0 Å². The first-order chi connectivity index (χ1) is 8.58. The first-order valence-electron chi connectivity index (χ1n) is 5.78. The molecule has 0 aliphatic heterocycles. The SMILES string of the molecule is CCCCC(Oc1ccc(Br)cc1Cl)C(=O)OC. The summed E-state index contributed by atoms with van der Waals surface area (Å²) in [6.07, 6.45) is 1.91. The zero-order valence-corrected chi connectivity index (χ0v) is 12.8. The van der Waals surface area contributed by atoms with Crippen LogP contribution in [0.4, 0.5) is 0 Å². The van der Waals surface area contributed by atoms with Crippen LogP contribution in [0.5, 0.6) is 5.75 Å². The van der Waals surface area contributed by atoms with Gasteiger partial charge in [-0.1, -0.05) is 40.9 Å². The Balaban J connectivity index is 2.78. The van der Waals surface area contributed by atoms with E-state index in [1.165, 1.54) is 7.11 Å². The van der Waals surface area contributed by atoms with Gasteiger partial charge >= 0.3 is 5.97 Å². The molecule has 0 aliphatic rings. The molecule has 0 radical (unpaired) electrons. The van der Waals surface area contributed by atoms with E-state index in [0.29, 0.717) is 17.2 Å². The minimum atomic E-state index is -0.603. The summed E-state index contributed by atoms with van der Waals surface area (Å²) in [6.45, 7) is 2.06. The average Bonchev–Trinajstić information content (AvgIpc) is 2.36. The van der Waals surface area contributed by atoms with Crippen molar-refractivity contribution in [1.82, 2.24) is 0 Å². The smallest absolute Gasteiger partial charge is 0.347 e. The van der Waals surface area contributed by atoms with E-state index in [9.17, 15) is 4.79 Å². The van der Waals surface area contributed by atoms with E-state index in [-0.39, 0.29) is 5.97 Å². The first kappa shape index (κ1) is 15.3. The monoisotopic (exact) mass is 334 g/mol. The van der Waals surface area contributed by atoms with Crippen molar-refractivity contribution in [3.8, 4) is 5.75 Å². The fourth-order valence-electron chi connectivity index (χ4n) is 1.47. The lowest BCUT2D eigenvalue weighted by Gasteiger charge is -2.17. The molecule has 1 atom stereocenters. The molecule has 5 heteroatoms. The van der Waals surface area contributed by atoms with Gasteiger partial charge in [0, 0.05) is 4.47 Å². The number of carbonyl (C=O) groups is 1. The van der Waals surface area contributed by atoms with E-state index < -0.39 is 6.10 Å². The Hall–Kier alpha value is -0.740. The van der Waals surface area contributed by atoms with Crippen LogP contribution in [-0.2, 0) is 9.53 Å². The minimum absolute atomic E-state index is 0.373. The van der Waals surface area contributed by atoms with Crippen LogP contribution in [0.3, 0.4) is 0 Å². The second kappa shape index (κ2) is 7.64. The lowest BCUT2D eigenvalue weighted by Crippen LogP contribution is -2.28. The van der Waals surface area contributed by atoms with Gasteiger partial charge in [-0.15, -0.1) is 0 Å². The van der Waals surface area contributed by atoms with E-state index in [1.807, 2.05) is 6.07 Å². The highest BCUT2D eigenvalue weighted by Gasteiger charge is 2.21. The van der Waals surface area contributed by atoms with Crippen LogP contribution in [-0.4, -0.2) is 19.2 Å². The van der Waals surface area contributed by atoms with Crippen LogP contribution in [0.15, 0.2) is 22.7 Å². The number of rotatable bonds is 6. The van der Waals surface area contributed by atoms with Gasteiger partial charge in [0.15, 0.2) is 6.10 Å². The maximum absolute atomic E-state index is 11.6. The predicted molar refractivity (Wildman–Crippen MR) is 75.1 cm³/mol. The standard InChI is InChI=1S/C13H16BrClO3/c1-3-4-5-12(13(16)17-2)18-11-7-6-9(14)8-10(11)15/h6-8,12H,3-5H2,1-2H3. The van der Waals surface area contributed by atoms with E-state index in [0.717, 1.165) is 17.3 Å². The number of methoxy groups -OCH3 is 1. The Morgan fingerprint density at radius 3 is 2.78 bits per heavy atom. The normalized spacial score (nSPS) is 12.0. The Morgan fingerprint density at radius 1 is 1.50 bits per heavy atom. The van der Waals surface area contributed by atoms with Gasteiger partial charge in [0.1, 0.15) is 5.75 Å². The van der Waals surface area contributed by atoms with Crippen molar-refractivity contribution in [2.45, 2.75) is 32.3 Å². The highest BCUT2D eigenvalue weighted by molar-refractivity contribution is 9.10. The maximum Gasteiger partial charge on any atom is 0.347 e. The molecule has 0 aliphatic carbocycles. The number of carbonyl (C=O) groups excluding carboxylic acids is 1. The molecule has 100 valence electrons. The number of unbranched alkanes of at least 4 members (excludes halogenated alkanes) is 1. The second-order valence-corrected chi connectivity index (χ2v) is 5.17. The molecular formula is C13H16BrClO3. The van der Waals surface area contributed by atoms with Crippen LogP contribution >= 0.6 is 27.5 Å². The third kappa shape index (κ3) is 4.50. The summed E-state index contributed by atoms with van der Waals surface area (Å²) in [7, 11) is 1.35. The number of benzene rings is 1. The molecule has 1 aromatic carbocycles. The van der Waals surface area contributed by atoms with Crippen LogP contribution in [0.1, 0.15) is 26.2 Å². The zero-order valence-electron chi connectivity index (χ0n) is 10.4. The molecular weight excluding hydrogens is 319 g/mol. The summed E-state index contributed by atoms with van der Waals surface area (Å²) < 4.78 is 11.2. The molecule has 1 aromatic rings. The molecule has 1 unspecified atom stereocenters. The lowest BCUT2D eigenvalue weighted by atomic mass is 10.1. The molecule has 0 heterocycles. The highest BCUT2D eigenvalue weighted by Crippen LogP contribution is 2.29. The Morgan fingerprint density at radius 2 is 2.22 bits per heavy atom. The maximum atomic E-state index is 11.6. The van der Waals surface area contributed by atoms with E-state index in [1.54, 1.807) is 12.1 Å². The van der Waals surface area contributed by atoms with Crippen LogP contribution < -0.4 is 4.74 Å². The van der Waals surface area contributed by atoms with Crippen LogP contribution in [0.25, 0.3) is 0 Å². The number of esters is 1. The van der Waals surface area contributed by atoms with Crippen LogP contribution in [0.2, 0.25) is 5.02 Å². The summed E-state index contributed by atoms with van der Waals surface area (Å²) in [6, 6.07) is 5.27. The van der Waals surface area contributed by atoms with Gasteiger partial charge in [0.2, 0.25) is 0 Å². The topological polar surface area (TPSA) is 35.5 Å². The zero-order chi connectivity index (χ0) is 13.5. The molecule has 1 rings (SSSR count). The highest BCUT2D eigenvalue weighted by atomic mass is 79.9. The number of hydrogen-bond donors (Lipinski definition) is 0. The van der Waals surface area contributed by atoms with E-state index in [2.05, 4.69) is 22.9 Å². The molecule has 0 aromatic heterocycles. The quantitative estimate of drug-likeness (QED) is 0.730. The average molecular weight is 336 g/mol. The summed E-state index contributed by atoms with van der Waals surface area (Å²) in [5.41, 5.74) is 0. The predicted octanol–water partition coefficient (Wildman–Crippen LogP) is 4.21. The Kier molecular flexibility index (Phi) is 6.50. The van der Waals surface area contributed by atoms with Crippen molar-refractivity contribution >= 4 is 33.5 Å². The van der Waals surface area contributed by atoms with Gasteiger partial charge in [-0.3, -0.25) is 0 Å². The van der Waals surface area contributed by atoms with Crippen molar-refractivity contribution < 1.29 is 14.3 Å². The van der Waals surface area contributed by atoms with Gasteiger partial charge in [0.05, 0.1) is 12.1 Å². The third-order valence-electron chi connectivity index (χ3n) is 2.45. The van der Waals surface area contributed by atoms with Crippen LogP contribution in [0, 0.1) is 0 Å². The van der Waals surface area contributed by atoms with E-state index in [4.69, 9.17) is 21.1 Å². The van der Waals surface area contributed by atoms with Crippen molar-refractivity contribution in [1.29, 1.82) is 0 Å².